The van der Waals surface area contributed by atoms with Crippen molar-refractivity contribution in [1.29, 1.82) is 0 Å². The minimum Gasteiger partial charge on any atom is -0.369 e. The molecule has 0 radical (unpaired) electrons. The summed E-state index contributed by atoms with van der Waals surface area (Å²) in [6, 6.07) is 29.8. The summed E-state index contributed by atoms with van der Waals surface area (Å²) < 4.78 is 1.95. The highest BCUT2D eigenvalue weighted by Crippen LogP contribution is 2.29. The molecule has 0 aliphatic carbocycles. The Hall–Kier alpha value is -3.51. The highest BCUT2D eigenvalue weighted by molar-refractivity contribution is 5.46. The molecule has 6 heteroatoms. The third-order valence-corrected chi connectivity index (χ3v) is 6.17. The summed E-state index contributed by atoms with van der Waals surface area (Å²) in [5, 5.41) is 12.9. The molecule has 0 saturated carbocycles. The first kappa shape index (κ1) is 20.4. The minimum absolute atomic E-state index is 0.0206. The van der Waals surface area contributed by atoms with E-state index in [9.17, 15) is 0 Å². The minimum atomic E-state index is 0.0206. The fourth-order valence-electron chi connectivity index (χ4n) is 4.43. The average molecular weight is 425 g/mol. The molecule has 1 fully saturated rings. The standard InChI is InChI=1S/C26H28N6/c1-21-12-14-23(15-13-21)25(26-27-28-29-32(26)20-22-8-4-2-5-9-22)31-18-16-30(17-19-31)24-10-6-3-7-11-24/h2-15,25H,16-20H2,1H3/t25-/m1/s1. The summed E-state index contributed by atoms with van der Waals surface area (Å²) in [6.07, 6.45) is 0. The summed E-state index contributed by atoms with van der Waals surface area (Å²) in [6.45, 7) is 6.64. The van der Waals surface area contributed by atoms with Gasteiger partial charge in [0.05, 0.1) is 12.6 Å². The fourth-order valence-corrected chi connectivity index (χ4v) is 4.43. The smallest absolute Gasteiger partial charge is 0.173 e. The number of tetrazole rings is 1. The summed E-state index contributed by atoms with van der Waals surface area (Å²) in [4.78, 5) is 4.97. The first-order valence-electron chi connectivity index (χ1n) is 11.2. The van der Waals surface area contributed by atoms with E-state index in [1.165, 1.54) is 22.4 Å². The van der Waals surface area contributed by atoms with Crippen LogP contribution >= 0.6 is 0 Å². The molecule has 1 aromatic heterocycles. The van der Waals surface area contributed by atoms with Crippen LogP contribution in [0.2, 0.25) is 0 Å². The van der Waals surface area contributed by atoms with Crippen LogP contribution in [0, 0.1) is 6.92 Å². The van der Waals surface area contributed by atoms with Crippen LogP contribution < -0.4 is 4.90 Å². The molecule has 1 aliphatic heterocycles. The van der Waals surface area contributed by atoms with Crippen LogP contribution in [-0.4, -0.2) is 51.3 Å². The van der Waals surface area contributed by atoms with Gasteiger partial charge < -0.3 is 4.90 Å². The third-order valence-electron chi connectivity index (χ3n) is 6.17. The first-order valence-corrected chi connectivity index (χ1v) is 11.2. The molecule has 0 N–H and O–H groups in total. The van der Waals surface area contributed by atoms with Crippen LogP contribution in [0.3, 0.4) is 0 Å². The third kappa shape index (κ3) is 4.41. The maximum atomic E-state index is 4.51. The monoisotopic (exact) mass is 424 g/mol. The zero-order chi connectivity index (χ0) is 21.8. The molecule has 32 heavy (non-hydrogen) atoms. The molecule has 6 nitrogen and oxygen atoms in total. The van der Waals surface area contributed by atoms with E-state index >= 15 is 0 Å². The van der Waals surface area contributed by atoms with Crippen molar-refractivity contribution in [3.63, 3.8) is 0 Å². The maximum absolute atomic E-state index is 4.51. The van der Waals surface area contributed by atoms with Gasteiger partial charge in [-0.05, 0) is 40.6 Å². The number of rotatable bonds is 6. The Labute approximate surface area is 189 Å². The molecule has 3 aromatic carbocycles. The van der Waals surface area contributed by atoms with E-state index in [0.717, 1.165) is 32.0 Å². The quantitative estimate of drug-likeness (QED) is 0.469. The predicted molar refractivity (Wildman–Crippen MR) is 127 cm³/mol. The number of anilines is 1. The Bertz CT molecular complexity index is 1120. The average Bonchev–Trinajstić information content (AvgIpc) is 3.30. The van der Waals surface area contributed by atoms with Gasteiger partial charge in [0.1, 0.15) is 0 Å². The van der Waals surface area contributed by atoms with E-state index in [1.807, 2.05) is 10.7 Å². The van der Waals surface area contributed by atoms with Gasteiger partial charge in [0, 0.05) is 31.9 Å². The maximum Gasteiger partial charge on any atom is 0.173 e. The molecular weight excluding hydrogens is 396 g/mol. The molecule has 1 atom stereocenters. The molecule has 5 rings (SSSR count). The number of para-hydroxylation sites is 1. The molecule has 0 bridgehead atoms. The van der Waals surface area contributed by atoms with Gasteiger partial charge in [0.25, 0.3) is 0 Å². The Morgan fingerprint density at radius 3 is 2.12 bits per heavy atom. The Morgan fingerprint density at radius 1 is 0.781 bits per heavy atom. The normalized spacial score (nSPS) is 15.6. The van der Waals surface area contributed by atoms with Gasteiger partial charge in [-0.1, -0.05) is 78.4 Å². The molecular formula is C26H28N6. The molecule has 1 saturated heterocycles. The fraction of sp³-hybridized carbons (Fsp3) is 0.269. The van der Waals surface area contributed by atoms with Crippen LogP contribution in [-0.2, 0) is 6.54 Å². The lowest BCUT2D eigenvalue weighted by atomic mass is 10.0. The van der Waals surface area contributed by atoms with Crippen LogP contribution in [0.5, 0.6) is 0 Å². The molecule has 1 aliphatic rings. The van der Waals surface area contributed by atoms with Crippen molar-refractivity contribution in [3.8, 4) is 0 Å². The van der Waals surface area contributed by atoms with Gasteiger partial charge in [-0.3, -0.25) is 4.90 Å². The van der Waals surface area contributed by atoms with Crippen LogP contribution in [0.4, 0.5) is 5.69 Å². The lowest BCUT2D eigenvalue weighted by molar-refractivity contribution is 0.201. The molecule has 4 aromatic rings. The number of aryl methyl sites for hydroxylation is 1. The Morgan fingerprint density at radius 2 is 1.44 bits per heavy atom. The van der Waals surface area contributed by atoms with Gasteiger partial charge in [-0.2, -0.15) is 0 Å². The lowest BCUT2D eigenvalue weighted by Gasteiger charge is -2.40. The van der Waals surface area contributed by atoms with E-state index < -0.39 is 0 Å². The SMILES string of the molecule is Cc1ccc([C@H](c2nnnn2Cc2ccccc2)N2CCN(c3ccccc3)CC2)cc1. The largest absolute Gasteiger partial charge is 0.369 e. The number of nitrogens with zero attached hydrogens (tertiary/aromatic N) is 6. The lowest BCUT2D eigenvalue weighted by Crippen LogP contribution is -2.48. The number of hydrogen-bond donors (Lipinski definition) is 0. The van der Waals surface area contributed by atoms with E-state index in [2.05, 4.69) is 111 Å². The van der Waals surface area contributed by atoms with E-state index in [-0.39, 0.29) is 6.04 Å². The van der Waals surface area contributed by atoms with Crippen molar-refractivity contribution in [2.45, 2.75) is 19.5 Å². The number of hydrogen-bond acceptors (Lipinski definition) is 5. The highest BCUT2D eigenvalue weighted by atomic mass is 15.6. The van der Waals surface area contributed by atoms with Crippen LogP contribution in [0.1, 0.15) is 28.6 Å². The van der Waals surface area contributed by atoms with Crippen molar-refractivity contribution in [2.75, 3.05) is 31.1 Å². The van der Waals surface area contributed by atoms with Gasteiger partial charge in [0.15, 0.2) is 5.82 Å². The van der Waals surface area contributed by atoms with Gasteiger partial charge in [0.2, 0.25) is 0 Å². The predicted octanol–water partition coefficient (Wildman–Crippen LogP) is 3.94. The van der Waals surface area contributed by atoms with Crippen molar-refractivity contribution in [1.82, 2.24) is 25.1 Å². The Kier molecular flexibility index (Phi) is 5.94. The van der Waals surface area contributed by atoms with Crippen molar-refractivity contribution in [2.24, 2.45) is 0 Å². The summed E-state index contributed by atoms with van der Waals surface area (Å²) >= 11 is 0. The number of aromatic nitrogens is 4. The van der Waals surface area contributed by atoms with Crippen molar-refractivity contribution < 1.29 is 0 Å². The zero-order valence-corrected chi connectivity index (χ0v) is 18.4. The zero-order valence-electron chi connectivity index (χ0n) is 18.4. The van der Waals surface area contributed by atoms with Crippen molar-refractivity contribution in [3.05, 3.63) is 107 Å². The second kappa shape index (κ2) is 9.32. The van der Waals surface area contributed by atoms with E-state index in [1.54, 1.807) is 0 Å². The second-order valence-electron chi connectivity index (χ2n) is 8.35. The summed E-state index contributed by atoms with van der Waals surface area (Å²) in [5.41, 5.74) is 4.96. The van der Waals surface area contributed by atoms with Crippen LogP contribution in [0.25, 0.3) is 0 Å². The highest BCUT2D eigenvalue weighted by Gasteiger charge is 2.30. The van der Waals surface area contributed by atoms with E-state index in [0.29, 0.717) is 6.54 Å². The molecule has 0 amide bonds. The van der Waals surface area contributed by atoms with Gasteiger partial charge in [-0.25, -0.2) is 4.68 Å². The van der Waals surface area contributed by atoms with Gasteiger partial charge >= 0.3 is 0 Å². The summed E-state index contributed by atoms with van der Waals surface area (Å²) in [5.74, 6) is 0.894. The molecule has 0 unspecified atom stereocenters. The molecule has 2 heterocycles. The number of piperazine rings is 1. The number of benzene rings is 3. The van der Waals surface area contributed by atoms with E-state index in [4.69, 9.17) is 0 Å². The topological polar surface area (TPSA) is 50.1 Å². The molecule has 0 spiro atoms. The summed E-state index contributed by atoms with van der Waals surface area (Å²) in [7, 11) is 0. The second-order valence-corrected chi connectivity index (χ2v) is 8.35. The van der Waals surface area contributed by atoms with Crippen LogP contribution in [0.15, 0.2) is 84.9 Å². The first-order chi connectivity index (χ1) is 15.8. The molecule has 162 valence electrons. The van der Waals surface area contributed by atoms with Crippen molar-refractivity contribution >= 4 is 5.69 Å². The van der Waals surface area contributed by atoms with Gasteiger partial charge in [-0.15, -0.1) is 5.10 Å². The Balaban J connectivity index is 1.43.